The summed E-state index contributed by atoms with van der Waals surface area (Å²) in [6.45, 7) is 11.8. The van der Waals surface area contributed by atoms with Gasteiger partial charge in [0.2, 0.25) is 0 Å². The van der Waals surface area contributed by atoms with E-state index in [-0.39, 0.29) is 5.41 Å². The zero-order chi connectivity index (χ0) is 13.8. The van der Waals surface area contributed by atoms with Crippen LogP contribution in [0.5, 0.6) is 0 Å². The van der Waals surface area contributed by atoms with Crippen LogP contribution in [0.2, 0.25) is 0 Å². The average Bonchev–Trinajstić information content (AvgIpc) is 2.63. The van der Waals surface area contributed by atoms with E-state index in [1.165, 1.54) is 12.8 Å². The zero-order valence-corrected chi connectivity index (χ0v) is 12.9. The van der Waals surface area contributed by atoms with Gasteiger partial charge in [-0.25, -0.2) is 0 Å². The van der Waals surface area contributed by atoms with Crippen molar-refractivity contribution in [2.45, 2.75) is 65.0 Å². The first kappa shape index (κ1) is 15.9. The summed E-state index contributed by atoms with van der Waals surface area (Å²) in [7, 11) is 2.14. The van der Waals surface area contributed by atoms with Gasteiger partial charge in [0.25, 0.3) is 0 Å². The van der Waals surface area contributed by atoms with E-state index in [4.69, 9.17) is 0 Å². The normalized spacial score (nSPS) is 21.5. The molecule has 0 saturated heterocycles. The molecule has 0 aliphatic heterocycles. The van der Waals surface area contributed by atoms with Crippen LogP contribution in [0.4, 0.5) is 0 Å². The van der Waals surface area contributed by atoms with Crippen LogP contribution in [0.15, 0.2) is 0 Å². The summed E-state index contributed by atoms with van der Waals surface area (Å²) in [6, 6.07) is 0.489. The largest absolute Gasteiger partial charge is 0.389 e. The molecule has 1 rings (SSSR count). The predicted molar refractivity (Wildman–Crippen MR) is 77.8 cm³/mol. The van der Waals surface area contributed by atoms with Gasteiger partial charge < -0.3 is 15.3 Å². The van der Waals surface area contributed by atoms with Crippen molar-refractivity contribution >= 4 is 0 Å². The summed E-state index contributed by atoms with van der Waals surface area (Å²) in [5, 5.41) is 13.9. The van der Waals surface area contributed by atoms with Crippen LogP contribution in [0.3, 0.4) is 0 Å². The summed E-state index contributed by atoms with van der Waals surface area (Å²) in [4.78, 5) is 2.30. The molecule has 2 N–H and O–H groups in total. The Labute approximate surface area is 113 Å². The topological polar surface area (TPSA) is 35.5 Å². The number of nitrogens with one attached hydrogen (secondary N) is 1. The van der Waals surface area contributed by atoms with Gasteiger partial charge in [0.15, 0.2) is 0 Å². The maximum atomic E-state index is 10.4. The van der Waals surface area contributed by atoms with Crippen LogP contribution < -0.4 is 5.32 Å². The maximum Gasteiger partial charge on any atom is 0.0774 e. The number of rotatable bonds is 7. The molecule has 108 valence electrons. The van der Waals surface area contributed by atoms with Crippen molar-refractivity contribution in [1.82, 2.24) is 10.2 Å². The van der Waals surface area contributed by atoms with Crippen LogP contribution in [-0.2, 0) is 0 Å². The highest BCUT2D eigenvalue weighted by Crippen LogP contribution is 2.31. The molecule has 0 heterocycles. The standard InChI is InChI=1S/C15H32N2O/c1-6-16-13(2)14(3,4)11-17(5)12-15(18)9-7-8-10-15/h13,16,18H,6-12H2,1-5H3. The van der Waals surface area contributed by atoms with Crippen molar-refractivity contribution in [3.63, 3.8) is 0 Å². The van der Waals surface area contributed by atoms with Crippen LogP contribution in [-0.4, -0.2) is 48.3 Å². The lowest BCUT2D eigenvalue weighted by Crippen LogP contribution is -2.49. The first-order chi connectivity index (χ1) is 8.29. The Bertz CT molecular complexity index is 247. The molecular weight excluding hydrogens is 224 g/mol. The summed E-state index contributed by atoms with van der Waals surface area (Å²) in [6.07, 6.45) is 4.31. The van der Waals surface area contributed by atoms with E-state index in [0.29, 0.717) is 6.04 Å². The second kappa shape index (κ2) is 6.36. The molecular formula is C15H32N2O. The third kappa shape index (κ3) is 4.52. The zero-order valence-electron chi connectivity index (χ0n) is 12.9. The minimum Gasteiger partial charge on any atom is -0.389 e. The number of hydrogen-bond acceptors (Lipinski definition) is 3. The third-order valence-electron chi connectivity index (χ3n) is 4.46. The highest BCUT2D eigenvalue weighted by molar-refractivity contribution is 4.89. The Kier molecular flexibility index (Phi) is 5.63. The van der Waals surface area contributed by atoms with Crippen LogP contribution in [0.25, 0.3) is 0 Å². The Morgan fingerprint density at radius 3 is 2.39 bits per heavy atom. The molecule has 1 unspecified atom stereocenters. The van der Waals surface area contributed by atoms with E-state index in [1.807, 2.05) is 0 Å². The van der Waals surface area contributed by atoms with E-state index in [1.54, 1.807) is 0 Å². The molecule has 1 saturated carbocycles. The van der Waals surface area contributed by atoms with E-state index in [2.05, 4.69) is 45.0 Å². The van der Waals surface area contributed by atoms with Gasteiger partial charge in [-0.2, -0.15) is 0 Å². The maximum absolute atomic E-state index is 10.4. The second-order valence-corrected chi connectivity index (χ2v) is 6.87. The van der Waals surface area contributed by atoms with Gasteiger partial charge in [-0.1, -0.05) is 33.6 Å². The van der Waals surface area contributed by atoms with E-state index >= 15 is 0 Å². The van der Waals surface area contributed by atoms with E-state index in [0.717, 1.165) is 32.5 Å². The van der Waals surface area contributed by atoms with Gasteiger partial charge in [0.05, 0.1) is 5.60 Å². The average molecular weight is 256 g/mol. The molecule has 18 heavy (non-hydrogen) atoms. The Hall–Kier alpha value is -0.120. The van der Waals surface area contributed by atoms with Gasteiger partial charge in [-0.3, -0.25) is 0 Å². The van der Waals surface area contributed by atoms with Crippen molar-refractivity contribution in [3.05, 3.63) is 0 Å². The minimum absolute atomic E-state index is 0.222. The fourth-order valence-electron chi connectivity index (χ4n) is 3.16. The van der Waals surface area contributed by atoms with Crippen molar-refractivity contribution in [3.8, 4) is 0 Å². The minimum atomic E-state index is -0.424. The third-order valence-corrected chi connectivity index (χ3v) is 4.46. The van der Waals surface area contributed by atoms with Crippen LogP contribution in [0.1, 0.15) is 53.4 Å². The quantitative estimate of drug-likeness (QED) is 0.733. The number of hydrogen-bond donors (Lipinski definition) is 2. The van der Waals surface area contributed by atoms with Gasteiger partial charge in [-0.15, -0.1) is 0 Å². The first-order valence-corrected chi connectivity index (χ1v) is 7.43. The fourth-order valence-corrected chi connectivity index (χ4v) is 3.16. The van der Waals surface area contributed by atoms with Gasteiger partial charge >= 0.3 is 0 Å². The van der Waals surface area contributed by atoms with Crippen molar-refractivity contribution in [1.29, 1.82) is 0 Å². The Balaban J connectivity index is 2.45. The second-order valence-electron chi connectivity index (χ2n) is 6.87. The molecule has 3 heteroatoms. The molecule has 1 aliphatic carbocycles. The lowest BCUT2D eigenvalue weighted by molar-refractivity contribution is 0.00550. The SMILES string of the molecule is CCNC(C)C(C)(C)CN(C)CC1(O)CCCC1. The van der Waals surface area contributed by atoms with Crippen LogP contribution in [0, 0.1) is 5.41 Å². The number of aliphatic hydroxyl groups is 1. The van der Waals surface area contributed by atoms with Crippen molar-refractivity contribution < 1.29 is 5.11 Å². The summed E-state index contributed by atoms with van der Waals surface area (Å²) >= 11 is 0. The molecule has 0 amide bonds. The molecule has 0 spiro atoms. The lowest BCUT2D eigenvalue weighted by atomic mass is 9.84. The monoisotopic (exact) mass is 256 g/mol. The van der Waals surface area contributed by atoms with Crippen LogP contribution >= 0.6 is 0 Å². The summed E-state index contributed by atoms with van der Waals surface area (Å²) in [5.41, 5.74) is -0.202. The van der Waals surface area contributed by atoms with Gasteiger partial charge in [-0.05, 0) is 38.8 Å². The molecule has 1 atom stereocenters. The molecule has 0 aromatic heterocycles. The molecule has 0 bridgehead atoms. The smallest absolute Gasteiger partial charge is 0.0774 e. The molecule has 1 fully saturated rings. The Morgan fingerprint density at radius 1 is 1.33 bits per heavy atom. The summed E-state index contributed by atoms with van der Waals surface area (Å²) in [5.74, 6) is 0. The molecule has 1 aliphatic rings. The molecule has 0 aromatic carbocycles. The molecule has 0 aromatic rings. The molecule has 3 nitrogen and oxygen atoms in total. The van der Waals surface area contributed by atoms with E-state index in [9.17, 15) is 5.11 Å². The van der Waals surface area contributed by atoms with Gasteiger partial charge in [0, 0.05) is 19.1 Å². The molecule has 0 radical (unpaired) electrons. The fraction of sp³-hybridized carbons (Fsp3) is 1.00. The summed E-state index contributed by atoms with van der Waals surface area (Å²) < 4.78 is 0. The van der Waals surface area contributed by atoms with Gasteiger partial charge in [0.1, 0.15) is 0 Å². The lowest BCUT2D eigenvalue weighted by Gasteiger charge is -2.38. The predicted octanol–water partition coefficient (Wildman–Crippen LogP) is 2.25. The van der Waals surface area contributed by atoms with Crippen molar-refractivity contribution in [2.75, 3.05) is 26.7 Å². The first-order valence-electron chi connectivity index (χ1n) is 7.43. The van der Waals surface area contributed by atoms with Crippen molar-refractivity contribution in [2.24, 2.45) is 5.41 Å². The Morgan fingerprint density at radius 2 is 1.89 bits per heavy atom. The highest BCUT2D eigenvalue weighted by Gasteiger charge is 2.34. The number of nitrogens with zero attached hydrogens (tertiary/aromatic N) is 1. The van der Waals surface area contributed by atoms with E-state index < -0.39 is 5.60 Å². The highest BCUT2D eigenvalue weighted by atomic mass is 16.3. The number of likely N-dealkylation sites (N-methyl/N-ethyl adjacent to an activating group) is 1.